The molecule has 0 aliphatic heterocycles. The van der Waals surface area contributed by atoms with Crippen molar-refractivity contribution < 1.29 is 4.74 Å². The number of hydrogen-bond donors (Lipinski definition) is 2. The summed E-state index contributed by atoms with van der Waals surface area (Å²) in [7, 11) is 0. The summed E-state index contributed by atoms with van der Waals surface area (Å²) in [6.07, 6.45) is 0. The number of anilines is 1. The predicted octanol–water partition coefficient (Wildman–Crippen LogP) is 3.13. The Hall–Kier alpha value is -1.85. The Labute approximate surface area is 116 Å². The van der Waals surface area contributed by atoms with Crippen LogP contribution in [-0.2, 0) is 0 Å². The zero-order chi connectivity index (χ0) is 14.0. The molecule has 0 saturated carbocycles. The fourth-order valence-corrected chi connectivity index (χ4v) is 1.79. The molecule has 0 aliphatic rings. The quantitative estimate of drug-likeness (QED) is 0.666. The number of hydrogen-bond acceptors (Lipinski definition) is 5. The van der Waals surface area contributed by atoms with E-state index in [0.29, 0.717) is 28.3 Å². The van der Waals surface area contributed by atoms with Crippen molar-refractivity contribution in [2.24, 2.45) is 5.84 Å². The molecule has 0 atom stereocenters. The molecule has 2 rings (SSSR count). The fourth-order valence-electron chi connectivity index (χ4n) is 1.64. The summed E-state index contributed by atoms with van der Waals surface area (Å²) in [5, 5.41) is 0.531. The van der Waals surface area contributed by atoms with E-state index in [-0.39, 0.29) is 0 Å². The second-order valence-electron chi connectivity index (χ2n) is 4.23. The van der Waals surface area contributed by atoms with Crippen LogP contribution in [0.15, 0.2) is 18.2 Å². The van der Waals surface area contributed by atoms with Gasteiger partial charge in [0.15, 0.2) is 0 Å². The monoisotopic (exact) mass is 278 g/mol. The number of ether oxygens (including phenoxy) is 1. The first-order chi connectivity index (χ1) is 9.01. The van der Waals surface area contributed by atoms with Gasteiger partial charge in [-0.3, -0.25) is 0 Å². The molecule has 3 N–H and O–H groups in total. The zero-order valence-electron chi connectivity index (χ0n) is 11.0. The standard InChI is InChI=1S/C13H15ClN4O/c1-7-4-5-10(14)11(6-7)19-13-8(2)12(18-15)16-9(3)17-13/h4-6H,15H2,1-3H3,(H,16,17,18). The van der Waals surface area contributed by atoms with E-state index >= 15 is 0 Å². The van der Waals surface area contributed by atoms with E-state index < -0.39 is 0 Å². The van der Waals surface area contributed by atoms with Gasteiger partial charge in [0.1, 0.15) is 17.4 Å². The first-order valence-electron chi connectivity index (χ1n) is 5.77. The number of aryl methyl sites for hydroxylation is 2. The molecule has 19 heavy (non-hydrogen) atoms. The Balaban J connectivity index is 2.43. The minimum atomic E-state index is 0.438. The molecule has 0 unspecified atom stereocenters. The smallest absolute Gasteiger partial charge is 0.227 e. The minimum Gasteiger partial charge on any atom is -0.437 e. The van der Waals surface area contributed by atoms with E-state index in [0.717, 1.165) is 11.1 Å². The van der Waals surface area contributed by atoms with Crippen LogP contribution in [0.3, 0.4) is 0 Å². The lowest BCUT2D eigenvalue weighted by Crippen LogP contribution is -2.12. The molecule has 1 aromatic heterocycles. The molecule has 0 aliphatic carbocycles. The van der Waals surface area contributed by atoms with Crippen LogP contribution in [0, 0.1) is 20.8 Å². The molecule has 0 bridgehead atoms. The van der Waals surface area contributed by atoms with E-state index in [2.05, 4.69) is 15.4 Å². The highest BCUT2D eigenvalue weighted by molar-refractivity contribution is 6.32. The molecular formula is C13H15ClN4O. The number of hydrazine groups is 1. The second-order valence-corrected chi connectivity index (χ2v) is 4.64. The second kappa shape index (κ2) is 5.42. The van der Waals surface area contributed by atoms with Crippen LogP contribution in [0.2, 0.25) is 5.02 Å². The van der Waals surface area contributed by atoms with Crippen LogP contribution in [0.25, 0.3) is 0 Å². The van der Waals surface area contributed by atoms with E-state index in [1.807, 2.05) is 26.0 Å². The molecule has 0 saturated heterocycles. The molecule has 1 aromatic carbocycles. The molecule has 5 nitrogen and oxygen atoms in total. The van der Waals surface area contributed by atoms with E-state index in [9.17, 15) is 0 Å². The SMILES string of the molecule is Cc1ccc(Cl)c(Oc2nc(C)nc(NN)c2C)c1. The van der Waals surface area contributed by atoms with Crippen molar-refractivity contribution >= 4 is 17.4 Å². The summed E-state index contributed by atoms with van der Waals surface area (Å²) in [4.78, 5) is 8.43. The lowest BCUT2D eigenvalue weighted by Gasteiger charge is -2.12. The lowest BCUT2D eigenvalue weighted by molar-refractivity contribution is 0.456. The molecule has 2 aromatic rings. The maximum absolute atomic E-state index is 6.10. The minimum absolute atomic E-state index is 0.438. The van der Waals surface area contributed by atoms with Crippen molar-refractivity contribution in [1.29, 1.82) is 0 Å². The highest BCUT2D eigenvalue weighted by Gasteiger charge is 2.12. The fraction of sp³-hybridized carbons (Fsp3) is 0.231. The normalized spacial score (nSPS) is 10.4. The maximum atomic E-state index is 6.10. The van der Waals surface area contributed by atoms with Crippen LogP contribution >= 0.6 is 11.6 Å². The van der Waals surface area contributed by atoms with Crippen LogP contribution in [0.5, 0.6) is 11.6 Å². The van der Waals surface area contributed by atoms with Crippen LogP contribution < -0.4 is 16.0 Å². The third kappa shape index (κ3) is 2.94. The summed E-state index contributed by atoms with van der Waals surface area (Å²) < 4.78 is 5.77. The Morgan fingerprint density at radius 1 is 1.21 bits per heavy atom. The van der Waals surface area contributed by atoms with E-state index in [1.54, 1.807) is 13.0 Å². The number of aromatic nitrogens is 2. The largest absolute Gasteiger partial charge is 0.437 e. The molecule has 0 amide bonds. The molecule has 6 heteroatoms. The van der Waals surface area contributed by atoms with Crippen LogP contribution in [-0.4, -0.2) is 9.97 Å². The summed E-state index contributed by atoms with van der Waals surface area (Å²) in [6, 6.07) is 5.56. The molecule has 100 valence electrons. The zero-order valence-corrected chi connectivity index (χ0v) is 11.7. The lowest BCUT2D eigenvalue weighted by atomic mass is 10.2. The molecule has 0 fully saturated rings. The van der Waals surface area contributed by atoms with Gasteiger partial charge in [0.2, 0.25) is 5.88 Å². The predicted molar refractivity (Wildman–Crippen MR) is 75.6 cm³/mol. The number of nitrogens with one attached hydrogen (secondary N) is 1. The van der Waals surface area contributed by atoms with Gasteiger partial charge in [0.05, 0.1) is 10.6 Å². The van der Waals surface area contributed by atoms with Crippen molar-refractivity contribution in [1.82, 2.24) is 9.97 Å². The van der Waals surface area contributed by atoms with Crippen molar-refractivity contribution in [3.63, 3.8) is 0 Å². The highest BCUT2D eigenvalue weighted by atomic mass is 35.5. The Morgan fingerprint density at radius 3 is 2.63 bits per heavy atom. The summed E-state index contributed by atoms with van der Waals surface area (Å²) in [5.41, 5.74) is 4.31. The number of rotatable bonds is 3. The third-order valence-corrected chi connectivity index (χ3v) is 2.96. The number of halogens is 1. The number of nitrogens with zero attached hydrogens (tertiary/aromatic N) is 2. The van der Waals surface area contributed by atoms with E-state index in [1.165, 1.54) is 0 Å². The number of benzene rings is 1. The van der Waals surface area contributed by atoms with Crippen molar-refractivity contribution in [3.05, 3.63) is 40.2 Å². The van der Waals surface area contributed by atoms with Gasteiger partial charge in [0.25, 0.3) is 0 Å². The Kier molecular flexibility index (Phi) is 3.87. The average molecular weight is 279 g/mol. The van der Waals surface area contributed by atoms with Crippen molar-refractivity contribution in [3.8, 4) is 11.6 Å². The van der Waals surface area contributed by atoms with Crippen LogP contribution in [0.1, 0.15) is 17.0 Å². The highest BCUT2D eigenvalue weighted by Crippen LogP contribution is 2.32. The molecule has 1 heterocycles. The van der Waals surface area contributed by atoms with Gasteiger partial charge in [-0.05, 0) is 38.5 Å². The van der Waals surface area contributed by atoms with Gasteiger partial charge < -0.3 is 10.2 Å². The van der Waals surface area contributed by atoms with Gasteiger partial charge in [-0.15, -0.1) is 0 Å². The molecule has 0 spiro atoms. The van der Waals surface area contributed by atoms with Gasteiger partial charge in [-0.25, -0.2) is 10.8 Å². The first kappa shape index (κ1) is 13.6. The Morgan fingerprint density at radius 2 is 1.95 bits per heavy atom. The van der Waals surface area contributed by atoms with E-state index in [4.69, 9.17) is 22.2 Å². The summed E-state index contributed by atoms with van der Waals surface area (Å²) >= 11 is 6.10. The van der Waals surface area contributed by atoms with Gasteiger partial charge in [0, 0.05) is 0 Å². The maximum Gasteiger partial charge on any atom is 0.227 e. The van der Waals surface area contributed by atoms with Gasteiger partial charge >= 0.3 is 0 Å². The van der Waals surface area contributed by atoms with Crippen molar-refractivity contribution in [2.45, 2.75) is 20.8 Å². The topological polar surface area (TPSA) is 73.1 Å². The molecule has 0 radical (unpaired) electrons. The average Bonchev–Trinajstić information content (AvgIpc) is 2.37. The first-order valence-corrected chi connectivity index (χ1v) is 6.15. The Bertz CT molecular complexity index is 616. The third-order valence-electron chi connectivity index (χ3n) is 2.64. The van der Waals surface area contributed by atoms with Gasteiger partial charge in [-0.2, -0.15) is 4.98 Å². The van der Waals surface area contributed by atoms with Crippen molar-refractivity contribution in [2.75, 3.05) is 5.43 Å². The van der Waals surface area contributed by atoms with Gasteiger partial charge in [-0.1, -0.05) is 17.7 Å². The summed E-state index contributed by atoms with van der Waals surface area (Å²) in [6.45, 7) is 5.56. The number of nitrogens with two attached hydrogens (primary N) is 1. The number of nitrogen functional groups attached to an aromatic ring is 1. The van der Waals surface area contributed by atoms with Crippen LogP contribution in [0.4, 0.5) is 5.82 Å². The molecular weight excluding hydrogens is 264 g/mol. The summed E-state index contributed by atoms with van der Waals surface area (Å²) in [5.74, 6) is 7.51.